The van der Waals surface area contributed by atoms with Gasteiger partial charge in [-0.3, -0.25) is 4.79 Å². The lowest BCUT2D eigenvalue weighted by Crippen LogP contribution is -2.48. The predicted molar refractivity (Wildman–Crippen MR) is 83.7 cm³/mol. The number of hydrogen-bond acceptors (Lipinski definition) is 2. The number of halogens is 1. The lowest BCUT2D eigenvalue weighted by molar-refractivity contribution is -0.129. The van der Waals surface area contributed by atoms with Crippen molar-refractivity contribution in [3.05, 3.63) is 0 Å². The van der Waals surface area contributed by atoms with Gasteiger partial charge in [0, 0.05) is 13.0 Å². The molecule has 0 aromatic rings. The molecule has 4 bridgehead atoms. The Morgan fingerprint density at radius 2 is 1.70 bits per heavy atom. The zero-order valence-electron chi connectivity index (χ0n) is 12.6. The van der Waals surface area contributed by atoms with Crippen molar-refractivity contribution >= 4 is 18.3 Å². The van der Waals surface area contributed by atoms with Crippen molar-refractivity contribution in [2.45, 2.75) is 51.9 Å². The summed E-state index contributed by atoms with van der Waals surface area (Å²) < 4.78 is 0. The van der Waals surface area contributed by atoms with Crippen LogP contribution in [-0.2, 0) is 4.79 Å². The number of rotatable bonds is 5. The van der Waals surface area contributed by atoms with Gasteiger partial charge in [0.05, 0.1) is 0 Å². The minimum absolute atomic E-state index is 0. The molecule has 3 N–H and O–H groups in total. The molecule has 0 aromatic carbocycles. The fourth-order valence-corrected chi connectivity index (χ4v) is 5.28. The smallest absolute Gasteiger partial charge is 0.220 e. The molecule has 0 spiro atoms. The number of nitrogens with two attached hydrogens (primary N) is 1. The Morgan fingerprint density at radius 1 is 1.20 bits per heavy atom. The van der Waals surface area contributed by atoms with Crippen LogP contribution < -0.4 is 11.1 Å². The molecule has 4 aliphatic carbocycles. The van der Waals surface area contributed by atoms with Crippen LogP contribution in [0.5, 0.6) is 0 Å². The molecular formula is C16H29ClN2O. The maximum Gasteiger partial charge on any atom is 0.220 e. The summed E-state index contributed by atoms with van der Waals surface area (Å²) in [7, 11) is 0. The van der Waals surface area contributed by atoms with Gasteiger partial charge in [-0.15, -0.1) is 12.4 Å². The van der Waals surface area contributed by atoms with Crippen molar-refractivity contribution in [1.82, 2.24) is 5.32 Å². The van der Waals surface area contributed by atoms with Gasteiger partial charge in [-0.2, -0.15) is 0 Å². The summed E-state index contributed by atoms with van der Waals surface area (Å²) in [5.74, 6) is 3.45. The highest BCUT2D eigenvalue weighted by atomic mass is 35.5. The van der Waals surface area contributed by atoms with Gasteiger partial charge in [0.25, 0.3) is 0 Å². The summed E-state index contributed by atoms with van der Waals surface area (Å²) in [4.78, 5) is 12.2. The largest absolute Gasteiger partial charge is 0.356 e. The zero-order valence-corrected chi connectivity index (χ0v) is 13.4. The van der Waals surface area contributed by atoms with E-state index >= 15 is 0 Å². The highest BCUT2D eigenvalue weighted by molar-refractivity contribution is 5.85. The Bertz CT molecular complexity index is 323. The zero-order chi connectivity index (χ0) is 13.5. The summed E-state index contributed by atoms with van der Waals surface area (Å²) >= 11 is 0. The third-order valence-corrected chi connectivity index (χ3v) is 5.75. The third kappa shape index (κ3) is 3.30. The lowest BCUT2D eigenvalue weighted by atomic mass is 9.49. The van der Waals surface area contributed by atoms with E-state index in [2.05, 4.69) is 12.2 Å². The fraction of sp³-hybridized carbons (Fsp3) is 0.938. The summed E-state index contributed by atoms with van der Waals surface area (Å²) in [6.07, 6.45) is 9.08. The molecule has 0 aliphatic heterocycles. The highest BCUT2D eigenvalue weighted by Crippen LogP contribution is 2.61. The second-order valence-electron chi connectivity index (χ2n) is 7.74. The molecule has 4 rings (SSSR count). The standard InChI is InChI=1S/C16H28N2O.ClH/c1-11(9-17)10-18-15(19)8-16-5-12-2-13(6-16)4-14(3-12)7-16;/h11-14H,2-10,17H2,1H3,(H,18,19);1H. The molecule has 4 aliphatic rings. The summed E-state index contributed by atoms with van der Waals surface area (Å²) in [5.41, 5.74) is 5.96. The van der Waals surface area contributed by atoms with Crippen LogP contribution in [0.2, 0.25) is 0 Å². The van der Waals surface area contributed by atoms with Crippen molar-refractivity contribution in [1.29, 1.82) is 0 Å². The Kier molecular flexibility index (Phi) is 5.01. The van der Waals surface area contributed by atoms with Gasteiger partial charge in [0.1, 0.15) is 0 Å². The van der Waals surface area contributed by atoms with E-state index in [1.54, 1.807) is 0 Å². The molecule has 1 unspecified atom stereocenters. The van der Waals surface area contributed by atoms with Crippen LogP contribution in [0.4, 0.5) is 0 Å². The van der Waals surface area contributed by atoms with E-state index in [-0.39, 0.29) is 18.3 Å². The number of carbonyl (C=O) groups excluding carboxylic acids is 1. The number of nitrogens with one attached hydrogen (secondary N) is 1. The first kappa shape index (κ1) is 16.1. The van der Waals surface area contributed by atoms with Gasteiger partial charge in [-0.25, -0.2) is 0 Å². The molecule has 0 heterocycles. The minimum atomic E-state index is 0. The van der Waals surface area contributed by atoms with Crippen LogP contribution in [-0.4, -0.2) is 19.0 Å². The normalized spacial score (nSPS) is 39.2. The van der Waals surface area contributed by atoms with Gasteiger partial charge in [0.2, 0.25) is 5.91 Å². The van der Waals surface area contributed by atoms with E-state index in [1.807, 2.05) is 0 Å². The average molecular weight is 301 g/mol. The van der Waals surface area contributed by atoms with Crippen LogP contribution in [0.3, 0.4) is 0 Å². The number of hydrogen-bond donors (Lipinski definition) is 2. The van der Waals surface area contributed by atoms with Crippen molar-refractivity contribution in [2.24, 2.45) is 34.8 Å². The van der Waals surface area contributed by atoms with E-state index in [0.29, 0.717) is 17.9 Å². The minimum Gasteiger partial charge on any atom is -0.356 e. The molecule has 1 atom stereocenters. The first-order chi connectivity index (χ1) is 9.08. The monoisotopic (exact) mass is 300 g/mol. The van der Waals surface area contributed by atoms with E-state index in [0.717, 1.165) is 30.7 Å². The molecular weight excluding hydrogens is 272 g/mol. The Labute approximate surface area is 128 Å². The molecule has 0 saturated heterocycles. The van der Waals surface area contributed by atoms with Crippen LogP contribution in [0.25, 0.3) is 0 Å². The number of amides is 1. The van der Waals surface area contributed by atoms with Gasteiger partial charge in [0.15, 0.2) is 0 Å². The Morgan fingerprint density at radius 3 is 2.15 bits per heavy atom. The molecule has 1 amide bonds. The molecule has 4 fully saturated rings. The van der Waals surface area contributed by atoms with Crippen LogP contribution >= 0.6 is 12.4 Å². The topological polar surface area (TPSA) is 55.1 Å². The Hall–Kier alpha value is -0.280. The van der Waals surface area contributed by atoms with E-state index < -0.39 is 0 Å². The van der Waals surface area contributed by atoms with Crippen molar-refractivity contribution < 1.29 is 4.79 Å². The maximum absolute atomic E-state index is 12.2. The lowest BCUT2D eigenvalue weighted by Gasteiger charge is -2.56. The molecule has 4 saturated carbocycles. The van der Waals surface area contributed by atoms with E-state index in [9.17, 15) is 4.79 Å². The highest BCUT2D eigenvalue weighted by Gasteiger charge is 2.51. The van der Waals surface area contributed by atoms with Crippen molar-refractivity contribution in [3.63, 3.8) is 0 Å². The molecule has 116 valence electrons. The maximum atomic E-state index is 12.2. The SMILES string of the molecule is CC(CN)CNC(=O)CC12CC3CC(CC(C3)C1)C2.Cl. The second kappa shape index (κ2) is 6.23. The number of carbonyl (C=O) groups is 1. The summed E-state index contributed by atoms with van der Waals surface area (Å²) in [6.45, 7) is 3.48. The van der Waals surface area contributed by atoms with Crippen LogP contribution in [0, 0.1) is 29.1 Å². The molecule has 0 radical (unpaired) electrons. The summed E-state index contributed by atoms with van der Waals surface area (Å²) in [5, 5.41) is 3.09. The first-order valence-electron chi connectivity index (χ1n) is 8.05. The molecule has 20 heavy (non-hydrogen) atoms. The third-order valence-electron chi connectivity index (χ3n) is 5.75. The second-order valence-corrected chi connectivity index (χ2v) is 7.74. The van der Waals surface area contributed by atoms with Gasteiger partial charge >= 0.3 is 0 Å². The molecule has 3 nitrogen and oxygen atoms in total. The van der Waals surface area contributed by atoms with Crippen molar-refractivity contribution in [3.8, 4) is 0 Å². The predicted octanol–water partition coefficient (Wildman–Crippen LogP) is 2.73. The first-order valence-corrected chi connectivity index (χ1v) is 8.05. The fourth-order valence-electron chi connectivity index (χ4n) is 5.28. The van der Waals surface area contributed by atoms with E-state index in [4.69, 9.17) is 5.73 Å². The van der Waals surface area contributed by atoms with Crippen LogP contribution in [0.15, 0.2) is 0 Å². The Balaban J connectivity index is 0.00000147. The quantitative estimate of drug-likeness (QED) is 0.820. The average Bonchev–Trinajstić information content (AvgIpc) is 2.33. The summed E-state index contributed by atoms with van der Waals surface area (Å²) in [6, 6.07) is 0. The molecule has 4 heteroatoms. The van der Waals surface area contributed by atoms with Gasteiger partial charge < -0.3 is 11.1 Å². The van der Waals surface area contributed by atoms with Crippen LogP contribution in [0.1, 0.15) is 51.9 Å². The molecule has 0 aromatic heterocycles. The van der Waals surface area contributed by atoms with Crippen molar-refractivity contribution in [2.75, 3.05) is 13.1 Å². The van der Waals surface area contributed by atoms with Gasteiger partial charge in [-0.1, -0.05) is 6.92 Å². The van der Waals surface area contributed by atoms with E-state index in [1.165, 1.54) is 38.5 Å². The van der Waals surface area contributed by atoms with Gasteiger partial charge in [-0.05, 0) is 74.2 Å².